The van der Waals surface area contributed by atoms with Crippen LogP contribution in [0.4, 0.5) is 18.9 Å². The Morgan fingerprint density at radius 2 is 1.91 bits per heavy atom. The summed E-state index contributed by atoms with van der Waals surface area (Å²) in [5.41, 5.74) is -0.333. The average Bonchev–Trinajstić information content (AvgIpc) is 3.15. The highest BCUT2D eigenvalue weighted by atomic mass is 32.1. The molecule has 1 amide bonds. The van der Waals surface area contributed by atoms with Crippen LogP contribution in [-0.4, -0.2) is 28.9 Å². The fourth-order valence-corrected chi connectivity index (χ4v) is 4.08. The molecule has 1 aliphatic heterocycles. The van der Waals surface area contributed by atoms with Crippen molar-refractivity contribution in [2.24, 2.45) is 0 Å². The average molecular weight is 460 g/mol. The quantitative estimate of drug-likeness (QED) is 0.555. The van der Waals surface area contributed by atoms with Crippen LogP contribution >= 0.6 is 11.3 Å². The normalized spacial score (nSPS) is 15.2. The maximum absolute atomic E-state index is 14.5. The number of nitrogens with zero attached hydrogens (tertiary/aromatic N) is 1. The summed E-state index contributed by atoms with van der Waals surface area (Å²) >= 11 is 0.861. The highest BCUT2D eigenvalue weighted by Crippen LogP contribution is 2.38. The molecule has 166 valence electrons. The van der Waals surface area contributed by atoms with Crippen LogP contribution in [0, 0.1) is 18.6 Å². The third-order valence-corrected chi connectivity index (χ3v) is 5.83. The van der Waals surface area contributed by atoms with Gasteiger partial charge >= 0.3 is 5.97 Å². The lowest BCUT2D eigenvalue weighted by atomic mass is 10.1. The summed E-state index contributed by atoms with van der Waals surface area (Å²) in [5, 5.41) is 13.5. The van der Waals surface area contributed by atoms with Gasteiger partial charge in [0.15, 0.2) is 11.6 Å². The number of allylic oxidation sites excluding steroid dienone is 4. The second-order valence-electron chi connectivity index (χ2n) is 6.91. The molecular formula is C23H19F3N2O3S. The summed E-state index contributed by atoms with van der Waals surface area (Å²) in [6.07, 6.45) is 7.15. The number of likely N-dealkylation sites (N-methyl/N-ethyl adjacent to an activating group) is 1. The van der Waals surface area contributed by atoms with E-state index in [1.165, 1.54) is 53.6 Å². The van der Waals surface area contributed by atoms with Crippen LogP contribution in [-0.2, 0) is 4.79 Å². The largest absolute Gasteiger partial charge is 0.478 e. The molecular weight excluding hydrogens is 441 g/mol. The van der Waals surface area contributed by atoms with Gasteiger partial charge in [-0.1, -0.05) is 18.2 Å². The number of rotatable bonds is 5. The number of anilines is 1. The van der Waals surface area contributed by atoms with Gasteiger partial charge < -0.3 is 15.3 Å². The first-order chi connectivity index (χ1) is 15.1. The van der Waals surface area contributed by atoms with Crippen molar-refractivity contribution in [1.29, 1.82) is 0 Å². The molecule has 0 radical (unpaired) electrons. The number of nitrogens with one attached hydrogen (secondary N) is 1. The van der Waals surface area contributed by atoms with E-state index < -0.39 is 29.3 Å². The molecule has 0 fully saturated rings. The Morgan fingerprint density at radius 1 is 1.19 bits per heavy atom. The van der Waals surface area contributed by atoms with Gasteiger partial charge in [-0.2, -0.15) is 0 Å². The Labute approximate surface area is 186 Å². The van der Waals surface area contributed by atoms with E-state index in [-0.39, 0.29) is 38.5 Å². The summed E-state index contributed by atoms with van der Waals surface area (Å²) in [4.78, 5) is 26.2. The fraction of sp³-hybridized carbons (Fsp3) is 0.130. The van der Waals surface area contributed by atoms with Crippen LogP contribution in [0.15, 0.2) is 65.1 Å². The Balaban J connectivity index is 1.97. The molecule has 0 saturated heterocycles. The highest BCUT2D eigenvalue weighted by molar-refractivity contribution is 7.14. The Hall–Kier alpha value is -3.59. The number of carbonyl (C=O) groups is 2. The zero-order valence-electron chi connectivity index (χ0n) is 17.4. The fourth-order valence-electron chi connectivity index (χ4n) is 3.07. The van der Waals surface area contributed by atoms with Crippen molar-refractivity contribution in [2.45, 2.75) is 13.8 Å². The Morgan fingerprint density at radius 3 is 2.53 bits per heavy atom. The summed E-state index contributed by atoms with van der Waals surface area (Å²) < 4.78 is 42.6. The van der Waals surface area contributed by atoms with E-state index >= 15 is 0 Å². The number of carboxylic acids is 1. The van der Waals surface area contributed by atoms with Crippen LogP contribution in [0.1, 0.15) is 22.8 Å². The van der Waals surface area contributed by atoms with Crippen molar-refractivity contribution in [3.05, 3.63) is 87.9 Å². The first-order valence-electron chi connectivity index (χ1n) is 9.42. The number of aryl methyl sites for hydroxylation is 1. The predicted octanol–water partition coefficient (Wildman–Crippen LogP) is 5.78. The molecule has 1 aliphatic rings. The molecule has 2 aromatic rings. The smallest absolute Gasteiger partial charge is 0.339 e. The molecule has 0 bridgehead atoms. The van der Waals surface area contributed by atoms with E-state index in [4.69, 9.17) is 0 Å². The number of amides is 1. The lowest BCUT2D eigenvalue weighted by Crippen LogP contribution is -2.18. The number of carboxylic acid groups (broad SMARTS) is 1. The highest BCUT2D eigenvalue weighted by Gasteiger charge is 2.25. The first-order valence-corrected chi connectivity index (χ1v) is 10.3. The van der Waals surface area contributed by atoms with Gasteiger partial charge in [0.1, 0.15) is 11.4 Å². The molecule has 1 aromatic carbocycles. The van der Waals surface area contributed by atoms with Crippen LogP contribution in [0.5, 0.6) is 0 Å². The van der Waals surface area contributed by atoms with E-state index in [1.54, 1.807) is 20.2 Å². The number of thiophene rings is 1. The number of aromatic carboxylic acids is 1. The number of hydrogen-bond donors (Lipinski definition) is 2. The zero-order valence-corrected chi connectivity index (χ0v) is 18.2. The van der Waals surface area contributed by atoms with Gasteiger partial charge in [0, 0.05) is 29.8 Å². The van der Waals surface area contributed by atoms with Crippen molar-refractivity contribution in [3.8, 4) is 10.4 Å². The predicted molar refractivity (Wildman–Crippen MR) is 118 cm³/mol. The lowest BCUT2D eigenvalue weighted by Gasteiger charge is -2.20. The number of benzene rings is 1. The van der Waals surface area contributed by atoms with Crippen LogP contribution in [0.3, 0.4) is 0 Å². The Bertz CT molecular complexity index is 1230. The van der Waals surface area contributed by atoms with E-state index in [0.29, 0.717) is 0 Å². The zero-order chi connectivity index (χ0) is 23.6. The summed E-state index contributed by atoms with van der Waals surface area (Å²) in [6.45, 7) is 2.97. The van der Waals surface area contributed by atoms with Crippen LogP contribution in [0.25, 0.3) is 10.4 Å². The first kappa shape index (κ1) is 23.1. The SMILES string of the molecule is C/C=C(\C=C1\C(F)=CC=CN1C)C(=O)Nc1csc(-c2ccc(C)c(F)c2F)c1C(=O)O. The number of halogens is 3. The van der Waals surface area contributed by atoms with Gasteiger partial charge in [0.25, 0.3) is 5.91 Å². The molecule has 0 spiro atoms. The molecule has 0 aliphatic carbocycles. The summed E-state index contributed by atoms with van der Waals surface area (Å²) in [6, 6.07) is 2.64. The van der Waals surface area contributed by atoms with Gasteiger partial charge in [0.2, 0.25) is 0 Å². The third kappa shape index (κ3) is 4.38. The third-order valence-electron chi connectivity index (χ3n) is 4.82. The molecule has 0 unspecified atom stereocenters. The minimum atomic E-state index is -1.41. The molecule has 0 saturated carbocycles. The number of carbonyl (C=O) groups excluding carboxylic acids is 1. The molecule has 32 heavy (non-hydrogen) atoms. The van der Waals surface area contributed by atoms with Gasteiger partial charge in [-0.3, -0.25) is 4.79 Å². The molecule has 9 heteroatoms. The topological polar surface area (TPSA) is 69.6 Å². The summed E-state index contributed by atoms with van der Waals surface area (Å²) in [7, 11) is 1.61. The lowest BCUT2D eigenvalue weighted by molar-refractivity contribution is -0.112. The molecule has 5 nitrogen and oxygen atoms in total. The Kier molecular flexibility index (Phi) is 6.69. The second-order valence-corrected chi connectivity index (χ2v) is 7.79. The standard InChI is InChI=1S/C23H19F3N2O3S/c1-4-13(10-17-15(24)6-5-9-28(17)3)22(29)27-16-11-32-21(18(16)23(30)31)14-8-7-12(2)19(25)20(14)26/h4-11H,1-3H3,(H,27,29)(H,30,31)/b13-4+,17-10-. The molecule has 0 atom stereocenters. The second kappa shape index (κ2) is 9.27. The van der Waals surface area contributed by atoms with Crippen LogP contribution < -0.4 is 5.32 Å². The molecule has 3 rings (SSSR count). The summed E-state index contributed by atoms with van der Waals surface area (Å²) in [5.74, 6) is -4.87. The minimum absolute atomic E-state index is 0.0317. The molecule has 2 heterocycles. The van der Waals surface area contributed by atoms with E-state index in [2.05, 4.69) is 5.32 Å². The number of hydrogen-bond acceptors (Lipinski definition) is 4. The van der Waals surface area contributed by atoms with Gasteiger partial charge in [-0.05, 0) is 37.6 Å². The van der Waals surface area contributed by atoms with Crippen LogP contribution in [0.2, 0.25) is 0 Å². The van der Waals surface area contributed by atoms with Gasteiger partial charge in [-0.25, -0.2) is 18.0 Å². The van der Waals surface area contributed by atoms with Crippen molar-refractivity contribution in [2.75, 3.05) is 12.4 Å². The van der Waals surface area contributed by atoms with Crippen molar-refractivity contribution >= 4 is 28.9 Å². The minimum Gasteiger partial charge on any atom is -0.478 e. The van der Waals surface area contributed by atoms with Crippen molar-refractivity contribution in [1.82, 2.24) is 4.90 Å². The van der Waals surface area contributed by atoms with Gasteiger partial charge in [0.05, 0.1) is 16.3 Å². The van der Waals surface area contributed by atoms with E-state index in [0.717, 1.165) is 11.3 Å². The maximum atomic E-state index is 14.5. The van der Waals surface area contributed by atoms with Crippen molar-refractivity contribution < 1.29 is 27.9 Å². The van der Waals surface area contributed by atoms with Crippen molar-refractivity contribution in [3.63, 3.8) is 0 Å². The maximum Gasteiger partial charge on any atom is 0.339 e. The molecule has 1 aromatic heterocycles. The van der Waals surface area contributed by atoms with E-state index in [9.17, 15) is 27.9 Å². The van der Waals surface area contributed by atoms with E-state index in [1.807, 2.05) is 0 Å². The molecule has 2 N–H and O–H groups in total. The monoisotopic (exact) mass is 460 g/mol. The van der Waals surface area contributed by atoms with Gasteiger partial charge in [-0.15, -0.1) is 11.3 Å².